The van der Waals surface area contributed by atoms with Crippen molar-refractivity contribution in [1.82, 2.24) is 19.6 Å². The Morgan fingerprint density at radius 1 is 1.12 bits per heavy atom. The average Bonchev–Trinajstić information content (AvgIpc) is 3.52. The van der Waals surface area contributed by atoms with Gasteiger partial charge in [0.15, 0.2) is 0 Å². The van der Waals surface area contributed by atoms with Crippen molar-refractivity contribution >= 4 is 33.3 Å². The molecule has 2 aromatic rings. The van der Waals surface area contributed by atoms with Gasteiger partial charge in [-0.05, 0) is 68.1 Å². The minimum atomic E-state index is -4.29. The third kappa shape index (κ3) is 7.88. The highest BCUT2D eigenvalue weighted by Gasteiger charge is 2.33. The molecule has 1 saturated heterocycles. The summed E-state index contributed by atoms with van der Waals surface area (Å²) in [6, 6.07) is 3.78. The zero-order valence-corrected chi connectivity index (χ0v) is 24.6. The first-order chi connectivity index (χ1) is 20.1. The van der Waals surface area contributed by atoms with Gasteiger partial charge in [0.1, 0.15) is 16.8 Å². The summed E-state index contributed by atoms with van der Waals surface area (Å²) < 4.78 is 56.7. The Morgan fingerprint density at radius 3 is 2.45 bits per heavy atom. The molecule has 4 rings (SSSR count). The minimum absolute atomic E-state index is 0.0122. The Labute approximate surface area is 245 Å². The number of hydrogen-bond donors (Lipinski definition) is 3. The molecule has 1 aliphatic heterocycles. The van der Waals surface area contributed by atoms with Crippen molar-refractivity contribution in [2.24, 2.45) is 0 Å². The van der Waals surface area contributed by atoms with E-state index in [1.807, 2.05) is 6.07 Å². The van der Waals surface area contributed by atoms with Gasteiger partial charge in [0.2, 0.25) is 21.8 Å². The fraction of sp³-hybridized carbons (Fsp3) is 0.517. The summed E-state index contributed by atoms with van der Waals surface area (Å²) in [6.07, 6.45) is 6.26. The number of amides is 2. The number of nitrogens with zero attached hydrogens (tertiary/aromatic N) is 3. The summed E-state index contributed by atoms with van der Waals surface area (Å²) in [7, 11) is -4.29. The second-order valence-electron chi connectivity index (χ2n) is 10.8. The maximum atomic E-state index is 13.9. The van der Waals surface area contributed by atoms with Crippen molar-refractivity contribution in [3.63, 3.8) is 0 Å². The number of aryl methyl sites for hydroxylation is 1. The first-order valence-corrected chi connectivity index (χ1v) is 15.9. The van der Waals surface area contributed by atoms with E-state index in [1.54, 1.807) is 13.0 Å². The molecule has 0 bridgehead atoms. The molecule has 2 heterocycles. The number of aromatic nitrogens is 2. The van der Waals surface area contributed by atoms with Crippen molar-refractivity contribution in [3.05, 3.63) is 53.5 Å². The molecule has 0 unspecified atom stereocenters. The minimum Gasteiger partial charge on any atom is -0.382 e. The fourth-order valence-corrected chi connectivity index (χ4v) is 7.00. The van der Waals surface area contributed by atoms with Crippen molar-refractivity contribution in [3.8, 4) is 0 Å². The Hall–Kier alpha value is -3.45. The number of sulfonamides is 1. The van der Waals surface area contributed by atoms with E-state index in [-0.39, 0.29) is 72.6 Å². The topological polar surface area (TPSA) is 147 Å². The molecule has 0 spiro atoms. The molecule has 1 atom stereocenters. The van der Waals surface area contributed by atoms with Crippen LogP contribution in [0, 0.1) is 0 Å². The predicted octanol–water partition coefficient (Wildman–Crippen LogP) is 4.51. The van der Waals surface area contributed by atoms with E-state index in [4.69, 9.17) is 5.73 Å². The van der Waals surface area contributed by atoms with E-state index in [2.05, 4.69) is 20.0 Å². The molecular weight excluding hydrogens is 566 g/mol. The van der Waals surface area contributed by atoms with Gasteiger partial charge in [0.05, 0.1) is 23.8 Å². The molecule has 2 fully saturated rings. The largest absolute Gasteiger partial charge is 0.382 e. The number of rotatable bonds is 11. The highest BCUT2D eigenvalue weighted by atomic mass is 32.2. The van der Waals surface area contributed by atoms with Crippen LogP contribution < -0.4 is 15.8 Å². The summed E-state index contributed by atoms with van der Waals surface area (Å²) in [5.41, 5.74) is 7.27. The van der Waals surface area contributed by atoms with Gasteiger partial charge in [-0.15, -0.1) is 0 Å². The molecule has 10 nitrogen and oxygen atoms in total. The predicted molar refractivity (Wildman–Crippen MR) is 155 cm³/mol. The molecule has 4 N–H and O–H groups in total. The molecule has 0 radical (unpaired) electrons. The van der Waals surface area contributed by atoms with Gasteiger partial charge in [0, 0.05) is 19.5 Å². The van der Waals surface area contributed by atoms with Gasteiger partial charge in [-0.2, -0.15) is 13.5 Å². The van der Waals surface area contributed by atoms with Gasteiger partial charge in [-0.3, -0.25) is 14.6 Å². The molecule has 1 saturated carbocycles. The lowest BCUT2D eigenvalue weighted by Crippen LogP contribution is -2.50. The quantitative estimate of drug-likeness (QED) is 0.342. The second kappa shape index (κ2) is 14.1. The van der Waals surface area contributed by atoms with Gasteiger partial charge >= 0.3 is 0 Å². The first kappa shape index (κ1) is 31.5. The highest BCUT2D eigenvalue weighted by molar-refractivity contribution is 7.89. The van der Waals surface area contributed by atoms with Crippen LogP contribution in [0.2, 0.25) is 0 Å². The standard InChI is InChI=1S/C29H38F2N6O4S/c1-2-26(38)35-27-22(19-7-3-4-8-19)10-6-12-24(27)42(40,41)36-23(11-5-9-21-17-34-25(32)18-33-21)29(39)37-15-13-20(14-16-37)28(30)31/h6,10,12,17-19,23,36H,2-5,7-9,11,13-16H2,1H3,(H2,32,34)(H,35,38)/t23-/m0/s1. The lowest BCUT2D eigenvalue weighted by Gasteiger charge is -2.31. The number of carbonyl (C=O) groups is 2. The van der Waals surface area contributed by atoms with Gasteiger partial charge in [0.25, 0.3) is 6.08 Å². The Bertz CT molecular complexity index is 1400. The van der Waals surface area contributed by atoms with E-state index < -0.39 is 28.1 Å². The van der Waals surface area contributed by atoms with Crippen LogP contribution in [0.1, 0.15) is 81.9 Å². The molecule has 1 aromatic heterocycles. The normalized spacial score (nSPS) is 16.8. The summed E-state index contributed by atoms with van der Waals surface area (Å²) in [5.74, 6) is -0.399. The molecule has 42 heavy (non-hydrogen) atoms. The van der Waals surface area contributed by atoms with Crippen LogP contribution >= 0.6 is 0 Å². The number of piperidine rings is 1. The molecular formula is C29H38F2N6O4S. The Morgan fingerprint density at radius 2 is 1.83 bits per heavy atom. The number of likely N-dealkylation sites (tertiary alicyclic amines) is 1. The van der Waals surface area contributed by atoms with Crippen LogP contribution in [-0.2, 0) is 26.0 Å². The number of nitrogens with one attached hydrogen (secondary N) is 2. The number of para-hydroxylation sites is 1. The maximum Gasteiger partial charge on any atom is 0.269 e. The molecule has 2 aliphatic rings. The number of nitrogen functional groups attached to an aromatic ring is 1. The van der Waals surface area contributed by atoms with Crippen molar-refractivity contribution < 1.29 is 26.8 Å². The molecule has 2 amide bonds. The monoisotopic (exact) mass is 604 g/mol. The van der Waals surface area contributed by atoms with Crippen LogP contribution in [0.3, 0.4) is 0 Å². The Balaban J connectivity index is 1.61. The number of carbonyl (C=O) groups excluding carboxylic acids is 2. The zero-order valence-electron chi connectivity index (χ0n) is 23.7. The lowest BCUT2D eigenvalue weighted by atomic mass is 9.96. The van der Waals surface area contributed by atoms with Crippen molar-refractivity contribution in [2.75, 3.05) is 24.1 Å². The molecule has 13 heteroatoms. The third-order valence-corrected chi connectivity index (χ3v) is 9.43. The van der Waals surface area contributed by atoms with Crippen molar-refractivity contribution in [1.29, 1.82) is 0 Å². The van der Waals surface area contributed by atoms with Gasteiger partial charge in [-0.1, -0.05) is 31.9 Å². The van der Waals surface area contributed by atoms with E-state index >= 15 is 0 Å². The number of benzene rings is 1. The lowest BCUT2D eigenvalue weighted by molar-refractivity contribution is -0.133. The zero-order chi connectivity index (χ0) is 30.3. The SMILES string of the molecule is CCC(=O)Nc1c(C2CCCC2)cccc1S(=O)(=O)N[C@@H](CCCc1cnc(N)cn1)C(=O)N1CCC(=C(F)F)CC1. The Kier molecular flexibility index (Phi) is 10.6. The van der Waals surface area contributed by atoms with Gasteiger partial charge < -0.3 is 16.0 Å². The summed E-state index contributed by atoms with van der Waals surface area (Å²) in [5, 5.41) is 2.81. The highest BCUT2D eigenvalue weighted by Crippen LogP contribution is 2.40. The van der Waals surface area contributed by atoms with Crippen LogP contribution in [0.15, 0.2) is 47.1 Å². The maximum absolute atomic E-state index is 13.9. The first-order valence-electron chi connectivity index (χ1n) is 14.4. The molecule has 228 valence electrons. The van der Waals surface area contributed by atoms with E-state index in [9.17, 15) is 26.8 Å². The molecule has 1 aromatic carbocycles. The third-order valence-electron chi connectivity index (χ3n) is 7.92. The number of anilines is 2. The van der Waals surface area contributed by atoms with Crippen LogP contribution in [0.25, 0.3) is 0 Å². The van der Waals surface area contributed by atoms with Crippen LogP contribution in [0.5, 0.6) is 0 Å². The summed E-state index contributed by atoms with van der Waals surface area (Å²) >= 11 is 0. The second-order valence-corrected chi connectivity index (χ2v) is 12.5. The van der Waals surface area contributed by atoms with E-state index in [0.717, 1.165) is 31.2 Å². The van der Waals surface area contributed by atoms with E-state index in [0.29, 0.717) is 18.5 Å². The summed E-state index contributed by atoms with van der Waals surface area (Å²) in [4.78, 5) is 35.7. The smallest absolute Gasteiger partial charge is 0.269 e. The number of nitrogens with two attached hydrogens (primary N) is 1. The summed E-state index contributed by atoms with van der Waals surface area (Å²) in [6.45, 7) is 1.83. The number of hydrogen-bond acceptors (Lipinski definition) is 7. The van der Waals surface area contributed by atoms with Crippen LogP contribution in [-0.4, -0.2) is 54.2 Å². The molecule has 1 aliphatic carbocycles. The average molecular weight is 605 g/mol. The van der Waals surface area contributed by atoms with Crippen LogP contribution in [0.4, 0.5) is 20.3 Å². The van der Waals surface area contributed by atoms with E-state index in [1.165, 1.54) is 23.4 Å². The van der Waals surface area contributed by atoms with Gasteiger partial charge in [-0.25, -0.2) is 13.4 Å². The van der Waals surface area contributed by atoms with Crippen molar-refractivity contribution in [2.45, 2.75) is 88.0 Å². The fourth-order valence-electron chi connectivity index (χ4n) is 5.58. The number of halogens is 2.